The van der Waals surface area contributed by atoms with Crippen LogP contribution in [0.5, 0.6) is 0 Å². The molecule has 0 saturated heterocycles. The van der Waals surface area contributed by atoms with Crippen molar-refractivity contribution >= 4 is 24.2 Å². The number of hydrogen-bond acceptors (Lipinski definition) is 1. The molecule has 1 aliphatic rings. The second-order valence-electron chi connectivity index (χ2n) is 5.29. The molecule has 0 bridgehead atoms. The second kappa shape index (κ2) is 5.41. The molecule has 0 aromatic heterocycles. The van der Waals surface area contributed by atoms with Crippen LogP contribution in [-0.2, 0) is 4.43 Å². The van der Waals surface area contributed by atoms with E-state index in [0.717, 1.165) is 10.0 Å². The Balaban J connectivity index is 2.33. The maximum Gasteiger partial charge on any atom is 0.185 e. The highest BCUT2D eigenvalue weighted by Gasteiger charge is 2.24. The van der Waals surface area contributed by atoms with E-state index in [1.54, 1.807) is 0 Å². The Bertz CT molecular complexity index is 516. The van der Waals surface area contributed by atoms with Gasteiger partial charge in [0.1, 0.15) is 6.10 Å². The lowest BCUT2D eigenvalue weighted by Crippen LogP contribution is -2.28. The number of hydrogen-bond donors (Lipinski definition) is 0. The Morgan fingerprint density at radius 2 is 1.83 bits per heavy atom. The van der Waals surface area contributed by atoms with Gasteiger partial charge in [0.15, 0.2) is 8.32 Å². The first-order valence-corrected chi connectivity index (χ1v) is 10.2. The van der Waals surface area contributed by atoms with Crippen LogP contribution in [0.25, 0.3) is 0 Å². The third kappa shape index (κ3) is 3.56. The van der Waals surface area contributed by atoms with Crippen molar-refractivity contribution < 1.29 is 4.43 Å². The molecule has 3 heteroatoms. The van der Waals surface area contributed by atoms with Crippen LogP contribution in [-0.4, -0.2) is 8.32 Å². The molecular weight excluding hydrogens is 304 g/mol. The van der Waals surface area contributed by atoms with Crippen LogP contribution in [0.1, 0.15) is 11.7 Å². The van der Waals surface area contributed by atoms with Gasteiger partial charge in [-0.05, 0) is 49.5 Å². The summed E-state index contributed by atoms with van der Waals surface area (Å²) >= 11 is 3.46. The molecule has 1 atom stereocenters. The van der Waals surface area contributed by atoms with E-state index in [1.165, 1.54) is 5.56 Å². The first kappa shape index (κ1) is 13.6. The molecule has 1 nitrogen and oxygen atoms in total. The standard InChI is InChI=1S/C15H17BrOSi/c1-18(2,3)17-15(12-6-4-5-7-12)13-8-10-14(16)11-9-13/h4-6,8-11,15H,1-3H3. The monoisotopic (exact) mass is 320 g/mol. The Labute approximate surface area is 118 Å². The summed E-state index contributed by atoms with van der Waals surface area (Å²) in [6.07, 6.45) is 6.02. The quantitative estimate of drug-likeness (QED) is 0.560. The summed E-state index contributed by atoms with van der Waals surface area (Å²) in [7, 11) is -1.60. The van der Waals surface area contributed by atoms with Crippen LogP contribution >= 0.6 is 15.9 Å². The second-order valence-corrected chi connectivity index (χ2v) is 10.7. The topological polar surface area (TPSA) is 9.23 Å². The van der Waals surface area contributed by atoms with E-state index in [4.69, 9.17) is 4.43 Å². The van der Waals surface area contributed by atoms with Gasteiger partial charge in [0.25, 0.3) is 0 Å². The molecule has 2 rings (SSSR count). The molecule has 0 fully saturated rings. The van der Waals surface area contributed by atoms with E-state index in [2.05, 4.69) is 71.6 Å². The lowest BCUT2D eigenvalue weighted by atomic mass is 10.0. The third-order valence-electron chi connectivity index (χ3n) is 2.55. The molecule has 0 spiro atoms. The maximum absolute atomic E-state index is 6.30. The summed E-state index contributed by atoms with van der Waals surface area (Å²) < 4.78 is 7.39. The van der Waals surface area contributed by atoms with Gasteiger partial charge in [0.05, 0.1) is 0 Å². The van der Waals surface area contributed by atoms with Crippen LogP contribution in [0.4, 0.5) is 0 Å². The fourth-order valence-electron chi connectivity index (χ4n) is 1.81. The van der Waals surface area contributed by atoms with Crippen LogP contribution in [0.3, 0.4) is 0 Å². The first-order chi connectivity index (χ1) is 8.46. The summed E-state index contributed by atoms with van der Waals surface area (Å²) in [5, 5.41) is 0. The zero-order valence-corrected chi connectivity index (χ0v) is 13.5. The van der Waals surface area contributed by atoms with Gasteiger partial charge in [-0.1, -0.05) is 34.1 Å². The summed E-state index contributed by atoms with van der Waals surface area (Å²) in [5.41, 5.74) is 5.55. The highest BCUT2D eigenvalue weighted by atomic mass is 79.9. The molecule has 0 saturated carbocycles. The number of rotatable bonds is 4. The molecule has 1 unspecified atom stereocenters. The van der Waals surface area contributed by atoms with Gasteiger partial charge in [-0.2, -0.15) is 0 Å². The van der Waals surface area contributed by atoms with Crippen LogP contribution in [0, 0.1) is 0 Å². The van der Waals surface area contributed by atoms with Gasteiger partial charge in [-0.25, -0.2) is 0 Å². The minimum atomic E-state index is -1.60. The number of allylic oxidation sites excluding steroid dienone is 1. The molecule has 0 N–H and O–H groups in total. The normalized spacial score (nSPS) is 15.9. The SMILES string of the molecule is C[Si](C)(C)OC(C1=C=CC=C1)c1ccc(Br)cc1. The number of benzene rings is 1. The Morgan fingerprint density at radius 3 is 2.33 bits per heavy atom. The van der Waals surface area contributed by atoms with Crippen molar-refractivity contribution in [1.29, 1.82) is 0 Å². The highest BCUT2D eigenvalue weighted by Crippen LogP contribution is 2.31. The van der Waals surface area contributed by atoms with Crippen molar-refractivity contribution in [3.05, 3.63) is 63.8 Å². The molecule has 94 valence electrons. The first-order valence-electron chi connectivity index (χ1n) is 6.02. The lowest BCUT2D eigenvalue weighted by molar-refractivity contribution is 0.239. The minimum absolute atomic E-state index is 0.000216. The average molecular weight is 321 g/mol. The fraction of sp³-hybridized carbons (Fsp3) is 0.267. The third-order valence-corrected chi connectivity index (χ3v) is 4.02. The minimum Gasteiger partial charge on any atom is -0.406 e. The van der Waals surface area contributed by atoms with Gasteiger partial charge < -0.3 is 4.43 Å². The lowest BCUT2D eigenvalue weighted by Gasteiger charge is -2.26. The molecule has 0 amide bonds. The zero-order valence-electron chi connectivity index (χ0n) is 10.9. The van der Waals surface area contributed by atoms with Crippen molar-refractivity contribution in [2.45, 2.75) is 25.7 Å². The van der Waals surface area contributed by atoms with E-state index < -0.39 is 8.32 Å². The summed E-state index contributed by atoms with van der Waals surface area (Å²) in [6.45, 7) is 6.63. The van der Waals surface area contributed by atoms with Gasteiger partial charge in [-0.3, -0.25) is 0 Å². The molecule has 1 aromatic rings. The Kier molecular flexibility index (Phi) is 4.08. The van der Waals surface area contributed by atoms with Crippen LogP contribution < -0.4 is 0 Å². The van der Waals surface area contributed by atoms with Crippen molar-refractivity contribution in [2.24, 2.45) is 0 Å². The van der Waals surface area contributed by atoms with Crippen molar-refractivity contribution in [2.75, 3.05) is 0 Å². The molecule has 1 aliphatic carbocycles. The predicted octanol–water partition coefficient (Wildman–Crippen LogP) is 4.99. The van der Waals surface area contributed by atoms with Gasteiger partial charge in [-0.15, -0.1) is 5.73 Å². The van der Waals surface area contributed by atoms with Crippen molar-refractivity contribution in [3.63, 3.8) is 0 Å². The van der Waals surface area contributed by atoms with E-state index in [0.29, 0.717) is 0 Å². The molecule has 0 aliphatic heterocycles. The zero-order chi connectivity index (χ0) is 13.2. The summed E-state index contributed by atoms with van der Waals surface area (Å²) in [5.74, 6) is 0. The smallest absolute Gasteiger partial charge is 0.185 e. The Hall–Kier alpha value is -0.863. The highest BCUT2D eigenvalue weighted by molar-refractivity contribution is 9.10. The summed E-state index contributed by atoms with van der Waals surface area (Å²) in [4.78, 5) is 0. The molecular formula is C15H17BrOSi. The van der Waals surface area contributed by atoms with Gasteiger partial charge in [0, 0.05) is 10.0 Å². The van der Waals surface area contributed by atoms with Gasteiger partial charge in [0.2, 0.25) is 0 Å². The fourth-order valence-corrected chi connectivity index (χ4v) is 3.04. The van der Waals surface area contributed by atoms with E-state index in [1.807, 2.05) is 12.2 Å². The van der Waals surface area contributed by atoms with Crippen molar-refractivity contribution in [1.82, 2.24) is 0 Å². The maximum atomic E-state index is 6.30. The molecule has 0 heterocycles. The largest absolute Gasteiger partial charge is 0.406 e. The molecule has 18 heavy (non-hydrogen) atoms. The van der Waals surface area contributed by atoms with Gasteiger partial charge >= 0.3 is 0 Å². The van der Waals surface area contributed by atoms with E-state index in [-0.39, 0.29) is 6.10 Å². The predicted molar refractivity (Wildman–Crippen MR) is 82.1 cm³/mol. The molecule has 1 aromatic carbocycles. The summed E-state index contributed by atoms with van der Waals surface area (Å²) in [6, 6.07) is 8.32. The van der Waals surface area contributed by atoms with E-state index in [9.17, 15) is 0 Å². The molecule has 0 radical (unpaired) electrons. The number of halogens is 1. The van der Waals surface area contributed by atoms with Crippen LogP contribution in [0.2, 0.25) is 19.6 Å². The average Bonchev–Trinajstić information content (AvgIpc) is 2.79. The van der Waals surface area contributed by atoms with Crippen molar-refractivity contribution in [3.8, 4) is 0 Å². The van der Waals surface area contributed by atoms with E-state index >= 15 is 0 Å². The van der Waals surface area contributed by atoms with Crippen LogP contribution in [0.15, 0.2) is 58.3 Å². The Morgan fingerprint density at radius 1 is 1.17 bits per heavy atom.